The third-order valence-electron chi connectivity index (χ3n) is 2.74. The number of carbonyl (C=O) groups is 1. The standard InChI is InChI=1S/C15H16N2O2/c1-11-4-3-5-14(17-11)16-10-12-6-8-13(9-7-12)15(18)19-2/h3-9H,10H2,1-2H3,(H,16,17). The summed E-state index contributed by atoms with van der Waals surface area (Å²) in [5.74, 6) is 0.525. The maximum atomic E-state index is 11.3. The number of esters is 1. The minimum absolute atomic E-state index is 0.320. The van der Waals surface area contributed by atoms with E-state index in [1.165, 1.54) is 7.11 Å². The first-order chi connectivity index (χ1) is 9.19. The van der Waals surface area contributed by atoms with Crippen molar-refractivity contribution in [3.05, 3.63) is 59.3 Å². The van der Waals surface area contributed by atoms with Crippen molar-refractivity contribution in [2.75, 3.05) is 12.4 Å². The van der Waals surface area contributed by atoms with E-state index >= 15 is 0 Å². The quantitative estimate of drug-likeness (QED) is 0.855. The minimum atomic E-state index is -0.320. The zero-order chi connectivity index (χ0) is 13.7. The molecule has 19 heavy (non-hydrogen) atoms. The van der Waals surface area contributed by atoms with Crippen molar-refractivity contribution in [1.82, 2.24) is 4.98 Å². The SMILES string of the molecule is COC(=O)c1ccc(CNc2cccc(C)n2)cc1. The number of benzene rings is 1. The Hall–Kier alpha value is -2.36. The van der Waals surface area contributed by atoms with Crippen molar-refractivity contribution in [3.63, 3.8) is 0 Å². The second-order valence-electron chi connectivity index (χ2n) is 4.21. The summed E-state index contributed by atoms with van der Waals surface area (Å²) in [7, 11) is 1.38. The van der Waals surface area contributed by atoms with Crippen LogP contribution in [0.1, 0.15) is 21.6 Å². The Morgan fingerprint density at radius 1 is 1.21 bits per heavy atom. The van der Waals surface area contributed by atoms with Crippen LogP contribution in [-0.4, -0.2) is 18.1 Å². The summed E-state index contributed by atoms with van der Waals surface area (Å²) in [4.78, 5) is 15.7. The van der Waals surface area contributed by atoms with Crippen LogP contribution in [0.5, 0.6) is 0 Å². The number of anilines is 1. The van der Waals surface area contributed by atoms with E-state index in [1.54, 1.807) is 12.1 Å². The number of nitrogens with zero attached hydrogens (tertiary/aromatic N) is 1. The topological polar surface area (TPSA) is 51.2 Å². The highest BCUT2D eigenvalue weighted by Gasteiger charge is 2.04. The van der Waals surface area contributed by atoms with Crippen LogP contribution in [0.2, 0.25) is 0 Å². The molecular weight excluding hydrogens is 240 g/mol. The molecule has 4 heteroatoms. The zero-order valence-electron chi connectivity index (χ0n) is 11.0. The lowest BCUT2D eigenvalue weighted by Gasteiger charge is -2.07. The molecule has 0 aliphatic rings. The summed E-state index contributed by atoms with van der Waals surface area (Å²) < 4.78 is 4.65. The Balaban J connectivity index is 1.98. The van der Waals surface area contributed by atoms with Gasteiger partial charge in [0.05, 0.1) is 12.7 Å². The van der Waals surface area contributed by atoms with Gasteiger partial charge in [0, 0.05) is 12.2 Å². The van der Waals surface area contributed by atoms with Gasteiger partial charge in [-0.1, -0.05) is 18.2 Å². The Morgan fingerprint density at radius 3 is 2.58 bits per heavy atom. The van der Waals surface area contributed by atoms with Gasteiger partial charge < -0.3 is 10.1 Å². The number of hydrogen-bond donors (Lipinski definition) is 1. The van der Waals surface area contributed by atoms with E-state index in [2.05, 4.69) is 15.0 Å². The van der Waals surface area contributed by atoms with Gasteiger partial charge in [-0.25, -0.2) is 9.78 Å². The summed E-state index contributed by atoms with van der Waals surface area (Å²) in [5.41, 5.74) is 2.61. The number of ether oxygens (including phenoxy) is 1. The van der Waals surface area contributed by atoms with Gasteiger partial charge in [-0.15, -0.1) is 0 Å². The number of aromatic nitrogens is 1. The molecule has 1 heterocycles. The van der Waals surface area contributed by atoms with Crippen LogP contribution in [0.4, 0.5) is 5.82 Å². The predicted octanol–water partition coefficient (Wildman–Crippen LogP) is 2.79. The summed E-state index contributed by atoms with van der Waals surface area (Å²) >= 11 is 0. The van der Waals surface area contributed by atoms with E-state index in [4.69, 9.17) is 0 Å². The maximum Gasteiger partial charge on any atom is 0.337 e. The van der Waals surface area contributed by atoms with Crippen LogP contribution in [0.15, 0.2) is 42.5 Å². The molecule has 4 nitrogen and oxygen atoms in total. The van der Waals surface area contributed by atoms with Crippen molar-refractivity contribution in [2.24, 2.45) is 0 Å². The molecule has 0 saturated carbocycles. The first-order valence-electron chi connectivity index (χ1n) is 6.04. The fourth-order valence-corrected chi connectivity index (χ4v) is 1.71. The zero-order valence-corrected chi connectivity index (χ0v) is 11.0. The molecule has 0 spiro atoms. The average Bonchev–Trinajstić information content (AvgIpc) is 2.45. The highest BCUT2D eigenvalue weighted by atomic mass is 16.5. The molecule has 0 radical (unpaired) electrons. The first-order valence-corrected chi connectivity index (χ1v) is 6.04. The number of aryl methyl sites for hydroxylation is 1. The predicted molar refractivity (Wildman–Crippen MR) is 74.1 cm³/mol. The summed E-state index contributed by atoms with van der Waals surface area (Å²) in [6.07, 6.45) is 0. The van der Waals surface area contributed by atoms with E-state index in [-0.39, 0.29) is 5.97 Å². The summed E-state index contributed by atoms with van der Waals surface area (Å²) in [6, 6.07) is 13.2. The molecule has 0 saturated heterocycles. The fourth-order valence-electron chi connectivity index (χ4n) is 1.71. The molecule has 0 bridgehead atoms. The summed E-state index contributed by atoms with van der Waals surface area (Å²) in [6.45, 7) is 2.62. The molecule has 1 aromatic carbocycles. The van der Waals surface area contributed by atoms with E-state index in [9.17, 15) is 4.79 Å². The van der Waals surface area contributed by atoms with Crippen LogP contribution in [-0.2, 0) is 11.3 Å². The lowest BCUT2D eigenvalue weighted by Crippen LogP contribution is -2.04. The number of pyridine rings is 1. The van der Waals surface area contributed by atoms with Gasteiger partial charge in [0.15, 0.2) is 0 Å². The van der Waals surface area contributed by atoms with Crippen molar-refractivity contribution >= 4 is 11.8 Å². The van der Waals surface area contributed by atoms with Gasteiger partial charge in [0.2, 0.25) is 0 Å². The lowest BCUT2D eigenvalue weighted by atomic mass is 10.1. The average molecular weight is 256 g/mol. The van der Waals surface area contributed by atoms with Crippen molar-refractivity contribution in [2.45, 2.75) is 13.5 Å². The molecule has 1 aromatic heterocycles. The molecule has 0 amide bonds. The van der Waals surface area contributed by atoms with E-state index < -0.39 is 0 Å². The number of hydrogen-bond acceptors (Lipinski definition) is 4. The van der Waals surface area contributed by atoms with Crippen LogP contribution >= 0.6 is 0 Å². The molecule has 0 atom stereocenters. The second kappa shape index (κ2) is 6.00. The first kappa shape index (κ1) is 13.1. The molecule has 2 rings (SSSR count). The van der Waals surface area contributed by atoms with Crippen LogP contribution in [0.25, 0.3) is 0 Å². The molecule has 2 aromatic rings. The third-order valence-corrected chi connectivity index (χ3v) is 2.74. The molecule has 0 aliphatic heterocycles. The van der Waals surface area contributed by atoms with Crippen molar-refractivity contribution < 1.29 is 9.53 Å². The molecule has 0 aliphatic carbocycles. The molecule has 98 valence electrons. The summed E-state index contributed by atoms with van der Waals surface area (Å²) in [5, 5.41) is 3.24. The smallest absolute Gasteiger partial charge is 0.337 e. The second-order valence-corrected chi connectivity index (χ2v) is 4.21. The van der Waals surface area contributed by atoms with Gasteiger partial charge in [0.1, 0.15) is 5.82 Å². The van der Waals surface area contributed by atoms with Crippen LogP contribution < -0.4 is 5.32 Å². The Bertz CT molecular complexity index is 565. The van der Waals surface area contributed by atoms with Crippen molar-refractivity contribution in [1.29, 1.82) is 0 Å². The molecule has 0 fully saturated rings. The van der Waals surface area contributed by atoms with Crippen LogP contribution in [0, 0.1) is 6.92 Å². The lowest BCUT2D eigenvalue weighted by molar-refractivity contribution is 0.0600. The van der Waals surface area contributed by atoms with E-state index in [0.717, 1.165) is 17.1 Å². The van der Waals surface area contributed by atoms with E-state index in [0.29, 0.717) is 12.1 Å². The number of nitrogens with one attached hydrogen (secondary N) is 1. The minimum Gasteiger partial charge on any atom is -0.465 e. The Morgan fingerprint density at radius 2 is 1.95 bits per heavy atom. The Labute approximate surface area is 112 Å². The number of carbonyl (C=O) groups excluding carboxylic acids is 1. The highest BCUT2D eigenvalue weighted by molar-refractivity contribution is 5.89. The number of methoxy groups -OCH3 is 1. The third kappa shape index (κ3) is 3.55. The van der Waals surface area contributed by atoms with Gasteiger partial charge in [-0.05, 0) is 36.8 Å². The van der Waals surface area contributed by atoms with Crippen molar-refractivity contribution in [3.8, 4) is 0 Å². The maximum absolute atomic E-state index is 11.3. The monoisotopic (exact) mass is 256 g/mol. The van der Waals surface area contributed by atoms with Gasteiger partial charge in [-0.2, -0.15) is 0 Å². The molecular formula is C15H16N2O2. The van der Waals surface area contributed by atoms with E-state index in [1.807, 2.05) is 37.3 Å². The fraction of sp³-hybridized carbons (Fsp3) is 0.200. The normalized spacial score (nSPS) is 10.0. The van der Waals surface area contributed by atoms with Gasteiger partial charge in [-0.3, -0.25) is 0 Å². The largest absolute Gasteiger partial charge is 0.465 e. The molecule has 1 N–H and O–H groups in total. The van der Waals surface area contributed by atoms with Gasteiger partial charge >= 0.3 is 5.97 Å². The van der Waals surface area contributed by atoms with Gasteiger partial charge in [0.25, 0.3) is 0 Å². The highest BCUT2D eigenvalue weighted by Crippen LogP contribution is 2.09. The number of rotatable bonds is 4. The Kier molecular flexibility index (Phi) is 4.13. The van der Waals surface area contributed by atoms with Crippen LogP contribution in [0.3, 0.4) is 0 Å². The molecule has 0 unspecified atom stereocenters.